The third-order valence-electron chi connectivity index (χ3n) is 3.61. The fourth-order valence-corrected chi connectivity index (χ4v) is 2.94. The second-order valence-corrected chi connectivity index (χ2v) is 5.98. The van der Waals surface area contributed by atoms with Gasteiger partial charge in [0.05, 0.1) is 11.2 Å². The molecule has 0 fully saturated rings. The van der Waals surface area contributed by atoms with Crippen LogP contribution in [0, 0.1) is 5.82 Å². The molecular weight excluding hydrogens is 333 g/mol. The fraction of sp³-hybridized carbons (Fsp3) is 0.188. The summed E-state index contributed by atoms with van der Waals surface area (Å²) < 4.78 is 16.6. The average Bonchev–Trinajstić information content (AvgIpc) is 2.78. The van der Waals surface area contributed by atoms with Gasteiger partial charge in [0.15, 0.2) is 0 Å². The standard InChI is InChI=1S/C16H15BrFN3/c1-21-16-5-3-2-4-11(16)15(20-21)9-14(19)12-8-10(17)6-7-13(12)18/h2-8,14H,9,19H2,1H3. The Bertz CT molecular complexity index is 797. The molecule has 3 rings (SSSR count). The summed E-state index contributed by atoms with van der Waals surface area (Å²) in [5, 5.41) is 5.57. The molecule has 0 radical (unpaired) electrons. The molecule has 1 aromatic heterocycles. The Kier molecular flexibility index (Phi) is 3.78. The number of halogens is 2. The molecule has 5 heteroatoms. The minimum atomic E-state index is -0.430. The molecule has 0 aliphatic carbocycles. The lowest BCUT2D eigenvalue weighted by molar-refractivity contribution is 0.576. The highest BCUT2D eigenvalue weighted by molar-refractivity contribution is 9.10. The molecule has 0 saturated heterocycles. The minimum Gasteiger partial charge on any atom is -0.324 e. The first-order chi connectivity index (χ1) is 10.1. The third-order valence-corrected chi connectivity index (χ3v) is 4.10. The molecule has 0 aliphatic rings. The zero-order valence-corrected chi connectivity index (χ0v) is 13.1. The van der Waals surface area contributed by atoms with Crippen molar-refractivity contribution in [2.45, 2.75) is 12.5 Å². The highest BCUT2D eigenvalue weighted by Gasteiger charge is 2.16. The maximum atomic E-state index is 13.9. The summed E-state index contributed by atoms with van der Waals surface area (Å²) >= 11 is 3.35. The van der Waals surface area contributed by atoms with Gasteiger partial charge in [-0.3, -0.25) is 4.68 Å². The van der Waals surface area contributed by atoms with E-state index >= 15 is 0 Å². The summed E-state index contributed by atoms with van der Waals surface area (Å²) in [6, 6.07) is 12.4. The Hall–Kier alpha value is -1.72. The smallest absolute Gasteiger partial charge is 0.128 e. The topological polar surface area (TPSA) is 43.8 Å². The van der Waals surface area contributed by atoms with E-state index in [1.54, 1.807) is 12.1 Å². The maximum absolute atomic E-state index is 13.9. The maximum Gasteiger partial charge on any atom is 0.128 e. The summed E-state index contributed by atoms with van der Waals surface area (Å²) in [6.45, 7) is 0. The van der Waals surface area contributed by atoms with Crippen LogP contribution in [0.3, 0.4) is 0 Å². The van der Waals surface area contributed by atoms with Gasteiger partial charge >= 0.3 is 0 Å². The summed E-state index contributed by atoms with van der Waals surface area (Å²) in [4.78, 5) is 0. The fourth-order valence-electron chi connectivity index (χ4n) is 2.56. The quantitative estimate of drug-likeness (QED) is 0.784. The zero-order valence-electron chi connectivity index (χ0n) is 11.6. The van der Waals surface area contributed by atoms with Crippen molar-refractivity contribution in [1.29, 1.82) is 0 Å². The van der Waals surface area contributed by atoms with Gasteiger partial charge in [-0.25, -0.2) is 4.39 Å². The number of nitrogens with zero attached hydrogens (tertiary/aromatic N) is 2. The third kappa shape index (κ3) is 2.71. The van der Waals surface area contributed by atoms with Gasteiger partial charge < -0.3 is 5.73 Å². The first kappa shape index (κ1) is 14.2. The number of hydrogen-bond acceptors (Lipinski definition) is 2. The molecule has 108 valence electrons. The van der Waals surface area contributed by atoms with E-state index < -0.39 is 6.04 Å². The molecule has 1 unspecified atom stereocenters. The molecule has 0 saturated carbocycles. The molecule has 0 amide bonds. The van der Waals surface area contributed by atoms with Gasteiger partial charge in [-0.1, -0.05) is 34.1 Å². The first-order valence-corrected chi connectivity index (χ1v) is 7.46. The van der Waals surface area contributed by atoms with Crippen molar-refractivity contribution >= 4 is 26.8 Å². The van der Waals surface area contributed by atoms with Gasteiger partial charge in [0, 0.05) is 34.9 Å². The summed E-state index contributed by atoms with van der Waals surface area (Å²) in [5.74, 6) is -0.286. The van der Waals surface area contributed by atoms with E-state index in [-0.39, 0.29) is 5.82 Å². The van der Waals surface area contributed by atoms with Crippen molar-refractivity contribution < 1.29 is 4.39 Å². The predicted octanol–water partition coefficient (Wildman–Crippen LogP) is 3.72. The number of hydrogen-bond donors (Lipinski definition) is 1. The molecule has 2 aromatic carbocycles. The monoisotopic (exact) mass is 347 g/mol. The molecule has 2 N–H and O–H groups in total. The SMILES string of the molecule is Cn1nc(CC(N)c2cc(Br)ccc2F)c2ccccc21. The molecule has 0 spiro atoms. The molecule has 3 nitrogen and oxygen atoms in total. The number of benzene rings is 2. The number of para-hydroxylation sites is 1. The number of aryl methyl sites for hydroxylation is 1. The van der Waals surface area contributed by atoms with Crippen LogP contribution < -0.4 is 5.73 Å². The molecule has 1 heterocycles. The Labute approximate surface area is 130 Å². The number of fused-ring (bicyclic) bond motifs is 1. The van der Waals surface area contributed by atoms with Crippen LogP contribution in [0.4, 0.5) is 4.39 Å². The Morgan fingerprint density at radius 1 is 1.29 bits per heavy atom. The van der Waals surface area contributed by atoms with E-state index in [0.717, 1.165) is 21.1 Å². The molecule has 1 atom stereocenters. The van der Waals surface area contributed by atoms with Crippen molar-refractivity contribution in [1.82, 2.24) is 9.78 Å². The Morgan fingerprint density at radius 3 is 2.86 bits per heavy atom. The van der Waals surface area contributed by atoms with Crippen molar-refractivity contribution in [3.63, 3.8) is 0 Å². The van der Waals surface area contributed by atoms with Crippen LogP contribution in [0.15, 0.2) is 46.9 Å². The Morgan fingerprint density at radius 2 is 2.05 bits per heavy atom. The van der Waals surface area contributed by atoms with Gasteiger partial charge in [-0.2, -0.15) is 5.10 Å². The molecule has 21 heavy (non-hydrogen) atoms. The Balaban J connectivity index is 1.96. The van der Waals surface area contributed by atoms with Gasteiger partial charge in [0.25, 0.3) is 0 Å². The van der Waals surface area contributed by atoms with Crippen LogP contribution in [0.25, 0.3) is 10.9 Å². The molecular formula is C16H15BrFN3. The molecule has 3 aromatic rings. The minimum absolute atomic E-state index is 0.286. The normalized spacial score (nSPS) is 12.8. The van der Waals surface area contributed by atoms with Crippen molar-refractivity contribution in [2.75, 3.05) is 0 Å². The van der Waals surface area contributed by atoms with Crippen LogP contribution in [0.1, 0.15) is 17.3 Å². The van der Waals surface area contributed by atoms with Gasteiger partial charge in [-0.05, 0) is 24.3 Å². The lowest BCUT2D eigenvalue weighted by atomic mass is 10.0. The van der Waals surface area contributed by atoms with E-state index in [9.17, 15) is 4.39 Å². The average molecular weight is 348 g/mol. The zero-order chi connectivity index (χ0) is 15.0. The van der Waals surface area contributed by atoms with Crippen molar-refractivity contribution in [2.24, 2.45) is 12.8 Å². The molecule has 0 aliphatic heterocycles. The highest BCUT2D eigenvalue weighted by Crippen LogP contribution is 2.25. The van der Waals surface area contributed by atoms with Crippen LogP contribution in [-0.4, -0.2) is 9.78 Å². The second kappa shape index (κ2) is 5.58. The first-order valence-electron chi connectivity index (χ1n) is 6.67. The lowest BCUT2D eigenvalue weighted by Gasteiger charge is -2.12. The van der Waals surface area contributed by atoms with Crippen LogP contribution in [0.2, 0.25) is 0 Å². The highest BCUT2D eigenvalue weighted by atomic mass is 79.9. The van der Waals surface area contributed by atoms with E-state index in [1.807, 2.05) is 36.0 Å². The largest absolute Gasteiger partial charge is 0.324 e. The van der Waals surface area contributed by atoms with E-state index in [0.29, 0.717) is 12.0 Å². The van der Waals surface area contributed by atoms with Crippen molar-refractivity contribution in [3.05, 3.63) is 64.0 Å². The summed E-state index contributed by atoms with van der Waals surface area (Å²) in [7, 11) is 1.90. The van der Waals surface area contributed by atoms with Crippen LogP contribution in [-0.2, 0) is 13.5 Å². The number of rotatable bonds is 3. The van der Waals surface area contributed by atoms with Gasteiger partial charge in [0.1, 0.15) is 5.82 Å². The molecule has 0 bridgehead atoms. The second-order valence-electron chi connectivity index (χ2n) is 5.06. The van der Waals surface area contributed by atoms with Gasteiger partial charge in [0.2, 0.25) is 0 Å². The van der Waals surface area contributed by atoms with Crippen molar-refractivity contribution in [3.8, 4) is 0 Å². The van der Waals surface area contributed by atoms with Gasteiger partial charge in [-0.15, -0.1) is 0 Å². The van der Waals surface area contributed by atoms with Crippen LogP contribution >= 0.6 is 15.9 Å². The summed E-state index contributed by atoms with van der Waals surface area (Å²) in [5.41, 5.74) is 8.63. The predicted molar refractivity (Wildman–Crippen MR) is 85.4 cm³/mol. The van der Waals surface area contributed by atoms with E-state index in [1.165, 1.54) is 6.07 Å². The summed E-state index contributed by atoms with van der Waals surface area (Å²) in [6.07, 6.45) is 0.495. The van der Waals surface area contributed by atoms with E-state index in [4.69, 9.17) is 5.73 Å². The van der Waals surface area contributed by atoms with E-state index in [2.05, 4.69) is 21.0 Å². The van der Waals surface area contributed by atoms with Crippen LogP contribution in [0.5, 0.6) is 0 Å². The lowest BCUT2D eigenvalue weighted by Crippen LogP contribution is -2.15. The number of aromatic nitrogens is 2. The number of nitrogens with two attached hydrogens (primary N) is 1.